The van der Waals surface area contributed by atoms with Crippen molar-refractivity contribution in [3.05, 3.63) is 38.0 Å². The summed E-state index contributed by atoms with van der Waals surface area (Å²) in [6.45, 7) is 6.19. The summed E-state index contributed by atoms with van der Waals surface area (Å²) in [5.74, 6) is 0. The van der Waals surface area contributed by atoms with Crippen molar-refractivity contribution in [3.63, 3.8) is 0 Å². The predicted octanol–water partition coefficient (Wildman–Crippen LogP) is 3.15. The minimum absolute atomic E-state index is 0.973. The SMILES string of the molecule is Cc1nc(CCNCc2cccs2)sc1C. The van der Waals surface area contributed by atoms with Gasteiger partial charge in [0.1, 0.15) is 0 Å². The van der Waals surface area contributed by atoms with Gasteiger partial charge < -0.3 is 5.32 Å². The average molecular weight is 252 g/mol. The zero-order valence-electron chi connectivity index (χ0n) is 9.62. The molecular formula is C12H16N2S2. The molecular weight excluding hydrogens is 236 g/mol. The molecule has 0 unspecified atom stereocenters. The Kier molecular flexibility index (Phi) is 4.09. The van der Waals surface area contributed by atoms with Crippen LogP contribution in [0.15, 0.2) is 17.5 Å². The van der Waals surface area contributed by atoms with Crippen LogP contribution in [-0.4, -0.2) is 11.5 Å². The van der Waals surface area contributed by atoms with Crippen LogP contribution in [0.2, 0.25) is 0 Å². The summed E-state index contributed by atoms with van der Waals surface area (Å²) in [6.07, 6.45) is 1.03. The second-order valence-electron chi connectivity index (χ2n) is 3.76. The second kappa shape index (κ2) is 5.57. The van der Waals surface area contributed by atoms with Crippen molar-refractivity contribution >= 4 is 22.7 Å². The maximum Gasteiger partial charge on any atom is 0.0943 e. The molecule has 0 spiro atoms. The van der Waals surface area contributed by atoms with Gasteiger partial charge in [0.05, 0.1) is 10.7 Å². The van der Waals surface area contributed by atoms with E-state index in [1.807, 2.05) is 11.3 Å². The van der Waals surface area contributed by atoms with Crippen LogP contribution in [0.1, 0.15) is 20.5 Å². The van der Waals surface area contributed by atoms with E-state index >= 15 is 0 Å². The molecule has 2 rings (SSSR count). The highest BCUT2D eigenvalue weighted by Gasteiger charge is 2.02. The molecule has 0 aliphatic heterocycles. The fourth-order valence-corrected chi connectivity index (χ4v) is 3.07. The minimum Gasteiger partial charge on any atom is -0.311 e. The lowest BCUT2D eigenvalue weighted by Crippen LogP contribution is -2.15. The van der Waals surface area contributed by atoms with Gasteiger partial charge in [-0.2, -0.15) is 0 Å². The van der Waals surface area contributed by atoms with E-state index in [0.717, 1.165) is 19.5 Å². The van der Waals surface area contributed by atoms with Gasteiger partial charge in [0, 0.05) is 29.3 Å². The highest BCUT2D eigenvalue weighted by molar-refractivity contribution is 7.11. The molecule has 0 radical (unpaired) electrons. The van der Waals surface area contributed by atoms with Crippen LogP contribution < -0.4 is 5.32 Å². The molecule has 0 aliphatic rings. The van der Waals surface area contributed by atoms with E-state index in [1.165, 1.54) is 20.5 Å². The molecule has 0 aromatic carbocycles. The van der Waals surface area contributed by atoms with Crippen LogP contribution >= 0.6 is 22.7 Å². The van der Waals surface area contributed by atoms with E-state index in [9.17, 15) is 0 Å². The number of hydrogen-bond donors (Lipinski definition) is 1. The Morgan fingerprint density at radius 1 is 1.38 bits per heavy atom. The van der Waals surface area contributed by atoms with Gasteiger partial charge in [0.15, 0.2) is 0 Å². The number of hydrogen-bond acceptors (Lipinski definition) is 4. The van der Waals surface area contributed by atoms with E-state index in [-0.39, 0.29) is 0 Å². The molecule has 4 heteroatoms. The lowest BCUT2D eigenvalue weighted by atomic mass is 10.4. The monoisotopic (exact) mass is 252 g/mol. The van der Waals surface area contributed by atoms with Gasteiger partial charge in [-0.1, -0.05) is 6.07 Å². The van der Waals surface area contributed by atoms with Gasteiger partial charge in [-0.3, -0.25) is 0 Å². The second-order valence-corrected chi connectivity index (χ2v) is 6.08. The third kappa shape index (κ3) is 3.14. The summed E-state index contributed by atoms with van der Waals surface area (Å²) in [4.78, 5) is 7.26. The Morgan fingerprint density at radius 3 is 2.88 bits per heavy atom. The third-order valence-corrected chi connectivity index (χ3v) is 4.48. The first-order valence-corrected chi connectivity index (χ1v) is 7.11. The van der Waals surface area contributed by atoms with Crippen LogP contribution in [0, 0.1) is 13.8 Å². The van der Waals surface area contributed by atoms with Crippen LogP contribution in [0.5, 0.6) is 0 Å². The largest absolute Gasteiger partial charge is 0.311 e. The standard InChI is InChI=1S/C12H16N2S2/c1-9-10(2)16-12(14-9)5-6-13-8-11-4-3-7-15-11/h3-4,7,13H,5-6,8H2,1-2H3. The third-order valence-electron chi connectivity index (χ3n) is 2.47. The Hall–Kier alpha value is -0.710. The molecule has 0 saturated carbocycles. The van der Waals surface area contributed by atoms with E-state index in [1.54, 1.807) is 11.3 Å². The first-order chi connectivity index (χ1) is 7.75. The van der Waals surface area contributed by atoms with Crippen LogP contribution in [-0.2, 0) is 13.0 Å². The molecule has 2 aromatic rings. The van der Waals surface area contributed by atoms with Crippen LogP contribution in [0.3, 0.4) is 0 Å². The summed E-state index contributed by atoms with van der Waals surface area (Å²) < 4.78 is 0. The van der Waals surface area contributed by atoms with E-state index < -0.39 is 0 Å². The Labute approximate surface area is 104 Å². The van der Waals surface area contributed by atoms with Gasteiger partial charge in [0.25, 0.3) is 0 Å². The van der Waals surface area contributed by atoms with Crippen molar-refractivity contribution in [3.8, 4) is 0 Å². The Balaban J connectivity index is 1.72. The molecule has 0 atom stereocenters. The lowest BCUT2D eigenvalue weighted by Gasteiger charge is -2.00. The Bertz CT molecular complexity index is 412. The highest BCUT2D eigenvalue weighted by atomic mass is 32.1. The van der Waals surface area contributed by atoms with Gasteiger partial charge in [-0.15, -0.1) is 22.7 Å². The molecule has 0 amide bonds. The summed E-state index contributed by atoms with van der Waals surface area (Å²) in [5, 5.41) is 6.80. The van der Waals surface area contributed by atoms with Crippen molar-refractivity contribution < 1.29 is 0 Å². The number of nitrogens with zero attached hydrogens (tertiary/aromatic N) is 1. The number of nitrogens with one attached hydrogen (secondary N) is 1. The average Bonchev–Trinajstić information content (AvgIpc) is 2.85. The predicted molar refractivity (Wildman–Crippen MR) is 71.3 cm³/mol. The quantitative estimate of drug-likeness (QED) is 0.827. The first kappa shape index (κ1) is 11.8. The molecule has 0 saturated heterocycles. The molecule has 0 bridgehead atoms. The van der Waals surface area contributed by atoms with Crippen molar-refractivity contribution in [2.45, 2.75) is 26.8 Å². The summed E-state index contributed by atoms with van der Waals surface area (Å²) in [7, 11) is 0. The van der Waals surface area contributed by atoms with E-state index in [2.05, 4.69) is 41.7 Å². The van der Waals surface area contributed by atoms with Crippen LogP contribution in [0.25, 0.3) is 0 Å². The molecule has 2 heterocycles. The zero-order valence-corrected chi connectivity index (χ0v) is 11.3. The van der Waals surface area contributed by atoms with Crippen molar-refractivity contribution in [1.82, 2.24) is 10.3 Å². The van der Waals surface area contributed by atoms with Crippen LogP contribution in [0.4, 0.5) is 0 Å². The van der Waals surface area contributed by atoms with Gasteiger partial charge in [-0.05, 0) is 25.3 Å². The molecule has 2 nitrogen and oxygen atoms in total. The zero-order chi connectivity index (χ0) is 11.4. The number of rotatable bonds is 5. The minimum atomic E-state index is 0.973. The molecule has 86 valence electrons. The van der Waals surface area contributed by atoms with Crippen molar-refractivity contribution in [2.24, 2.45) is 0 Å². The summed E-state index contributed by atoms with van der Waals surface area (Å²) in [5.41, 5.74) is 1.18. The fourth-order valence-electron chi connectivity index (χ4n) is 1.47. The molecule has 2 aromatic heterocycles. The lowest BCUT2D eigenvalue weighted by molar-refractivity contribution is 0.691. The summed E-state index contributed by atoms with van der Waals surface area (Å²) >= 11 is 3.61. The van der Waals surface area contributed by atoms with E-state index in [0.29, 0.717) is 0 Å². The number of thiazole rings is 1. The maximum absolute atomic E-state index is 4.53. The smallest absolute Gasteiger partial charge is 0.0943 e. The summed E-state index contributed by atoms with van der Waals surface area (Å²) in [6, 6.07) is 4.25. The molecule has 1 N–H and O–H groups in total. The number of aromatic nitrogens is 1. The first-order valence-electron chi connectivity index (χ1n) is 5.41. The fraction of sp³-hybridized carbons (Fsp3) is 0.417. The highest BCUT2D eigenvalue weighted by Crippen LogP contribution is 2.16. The van der Waals surface area contributed by atoms with Gasteiger partial charge >= 0.3 is 0 Å². The topological polar surface area (TPSA) is 24.9 Å². The Morgan fingerprint density at radius 2 is 2.25 bits per heavy atom. The molecule has 16 heavy (non-hydrogen) atoms. The van der Waals surface area contributed by atoms with Crippen molar-refractivity contribution in [1.29, 1.82) is 0 Å². The van der Waals surface area contributed by atoms with E-state index in [4.69, 9.17) is 0 Å². The molecule has 0 aliphatic carbocycles. The number of aryl methyl sites for hydroxylation is 2. The number of thiophene rings is 1. The van der Waals surface area contributed by atoms with Gasteiger partial charge in [-0.25, -0.2) is 4.98 Å². The molecule has 0 fully saturated rings. The van der Waals surface area contributed by atoms with Gasteiger partial charge in [0.2, 0.25) is 0 Å². The normalized spacial score (nSPS) is 10.9. The van der Waals surface area contributed by atoms with Crippen molar-refractivity contribution in [2.75, 3.05) is 6.54 Å². The maximum atomic E-state index is 4.53.